The smallest absolute Gasteiger partial charge is 0.251 e. The zero-order valence-electron chi connectivity index (χ0n) is 12.8. The Bertz CT molecular complexity index is 464. The average Bonchev–Trinajstić information content (AvgIpc) is 2.38. The SMILES string of the molecule is CN(C)C(=NCCNC(=O)c1ccc(Br)cc1)N(C)C.I. The van der Waals surface area contributed by atoms with Crippen molar-refractivity contribution < 1.29 is 4.79 Å². The third-order valence-electron chi connectivity index (χ3n) is 2.56. The van der Waals surface area contributed by atoms with Gasteiger partial charge in [-0.25, -0.2) is 0 Å². The number of carbonyl (C=O) groups excluding carboxylic acids is 1. The topological polar surface area (TPSA) is 47.9 Å². The molecule has 0 aromatic heterocycles. The summed E-state index contributed by atoms with van der Waals surface area (Å²) in [6, 6.07) is 7.27. The van der Waals surface area contributed by atoms with Gasteiger partial charge in [0.25, 0.3) is 5.91 Å². The molecule has 5 nitrogen and oxygen atoms in total. The molecule has 1 N–H and O–H groups in total. The molecule has 0 unspecified atom stereocenters. The first-order valence-electron chi connectivity index (χ1n) is 6.34. The van der Waals surface area contributed by atoms with Crippen molar-refractivity contribution in [1.29, 1.82) is 0 Å². The van der Waals surface area contributed by atoms with Crippen LogP contribution in [0.2, 0.25) is 0 Å². The molecule has 0 bridgehead atoms. The van der Waals surface area contributed by atoms with Crippen LogP contribution in [0.3, 0.4) is 0 Å². The Morgan fingerprint density at radius 3 is 2.14 bits per heavy atom. The predicted molar refractivity (Wildman–Crippen MR) is 102 cm³/mol. The van der Waals surface area contributed by atoms with E-state index in [4.69, 9.17) is 0 Å². The quantitative estimate of drug-likeness (QED) is 0.319. The molecule has 21 heavy (non-hydrogen) atoms. The third kappa shape index (κ3) is 7.12. The summed E-state index contributed by atoms with van der Waals surface area (Å²) < 4.78 is 0.959. The van der Waals surface area contributed by atoms with Crippen molar-refractivity contribution in [2.24, 2.45) is 4.99 Å². The molecule has 0 radical (unpaired) electrons. The standard InChI is InChI=1S/C14H21BrN4O.HI/c1-18(2)14(19(3)4)17-10-9-16-13(20)11-5-7-12(15)8-6-11;/h5-8H,9-10H2,1-4H3,(H,16,20);1H. The first-order valence-corrected chi connectivity index (χ1v) is 7.14. The van der Waals surface area contributed by atoms with Gasteiger partial charge in [0.05, 0.1) is 6.54 Å². The highest BCUT2D eigenvalue weighted by molar-refractivity contribution is 14.0. The number of aliphatic imine (C=N–C) groups is 1. The largest absolute Gasteiger partial charge is 0.350 e. The minimum Gasteiger partial charge on any atom is -0.350 e. The van der Waals surface area contributed by atoms with Crippen LogP contribution >= 0.6 is 39.9 Å². The number of benzene rings is 1. The number of hydrogen-bond donors (Lipinski definition) is 1. The molecule has 0 spiro atoms. The Morgan fingerprint density at radius 2 is 1.67 bits per heavy atom. The molecule has 118 valence electrons. The summed E-state index contributed by atoms with van der Waals surface area (Å²) >= 11 is 3.34. The molecular weight excluding hydrogens is 447 g/mol. The van der Waals surface area contributed by atoms with Gasteiger partial charge >= 0.3 is 0 Å². The molecule has 0 fully saturated rings. The summed E-state index contributed by atoms with van der Waals surface area (Å²) in [5.74, 6) is 0.798. The molecule has 0 aliphatic carbocycles. The fraction of sp³-hybridized carbons (Fsp3) is 0.429. The molecule has 0 aliphatic heterocycles. The molecule has 7 heteroatoms. The van der Waals surface area contributed by atoms with Crippen molar-refractivity contribution in [3.63, 3.8) is 0 Å². The van der Waals surface area contributed by atoms with Gasteiger partial charge in [-0.2, -0.15) is 0 Å². The third-order valence-corrected chi connectivity index (χ3v) is 3.09. The number of nitrogens with zero attached hydrogens (tertiary/aromatic N) is 3. The lowest BCUT2D eigenvalue weighted by Gasteiger charge is -2.22. The Labute approximate surface area is 151 Å². The number of nitrogens with one attached hydrogen (secondary N) is 1. The summed E-state index contributed by atoms with van der Waals surface area (Å²) in [6.07, 6.45) is 0. The first-order chi connectivity index (χ1) is 9.41. The van der Waals surface area contributed by atoms with E-state index in [-0.39, 0.29) is 29.9 Å². The van der Waals surface area contributed by atoms with E-state index in [0.29, 0.717) is 18.7 Å². The summed E-state index contributed by atoms with van der Waals surface area (Å²) in [6.45, 7) is 1.06. The van der Waals surface area contributed by atoms with Gasteiger partial charge in [0.15, 0.2) is 5.96 Å². The second kappa shape index (κ2) is 9.99. The van der Waals surface area contributed by atoms with E-state index in [9.17, 15) is 4.79 Å². The summed E-state index contributed by atoms with van der Waals surface area (Å²) in [5, 5.41) is 2.85. The van der Waals surface area contributed by atoms with Crippen LogP contribution in [-0.4, -0.2) is 62.9 Å². The van der Waals surface area contributed by atoms with Crippen LogP contribution in [0.4, 0.5) is 0 Å². The maximum atomic E-state index is 11.9. The zero-order chi connectivity index (χ0) is 15.1. The van der Waals surface area contributed by atoms with E-state index in [1.165, 1.54) is 0 Å². The predicted octanol–water partition coefficient (Wildman–Crippen LogP) is 2.28. The first kappa shape index (κ1) is 20.2. The van der Waals surface area contributed by atoms with Crippen molar-refractivity contribution in [2.45, 2.75) is 0 Å². The maximum Gasteiger partial charge on any atom is 0.251 e. The Kier molecular flexibility index (Phi) is 9.60. The van der Waals surface area contributed by atoms with Gasteiger partial charge in [-0.3, -0.25) is 9.79 Å². The minimum absolute atomic E-state index is 0. The van der Waals surface area contributed by atoms with Crippen LogP contribution in [0.1, 0.15) is 10.4 Å². The molecule has 1 rings (SSSR count). The summed E-state index contributed by atoms with van der Waals surface area (Å²) in [4.78, 5) is 20.2. The lowest BCUT2D eigenvalue weighted by molar-refractivity contribution is 0.0955. The highest BCUT2D eigenvalue weighted by Gasteiger charge is 2.05. The van der Waals surface area contributed by atoms with Crippen LogP contribution < -0.4 is 5.32 Å². The van der Waals surface area contributed by atoms with Crippen molar-refractivity contribution in [3.8, 4) is 0 Å². The van der Waals surface area contributed by atoms with E-state index < -0.39 is 0 Å². The van der Waals surface area contributed by atoms with E-state index in [1.807, 2.05) is 50.1 Å². The van der Waals surface area contributed by atoms with E-state index >= 15 is 0 Å². The number of carbonyl (C=O) groups is 1. The zero-order valence-corrected chi connectivity index (χ0v) is 16.7. The summed E-state index contributed by atoms with van der Waals surface area (Å²) in [7, 11) is 7.77. The molecule has 0 heterocycles. The molecule has 0 saturated heterocycles. The van der Waals surface area contributed by atoms with E-state index in [0.717, 1.165) is 10.4 Å². The van der Waals surface area contributed by atoms with Gasteiger partial charge in [-0.05, 0) is 24.3 Å². The Balaban J connectivity index is 0.00000400. The second-order valence-electron chi connectivity index (χ2n) is 4.73. The minimum atomic E-state index is -0.0797. The summed E-state index contributed by atoms with van der Waals surface area (Å²) in [5.41, 5.74) is 0.651. The molecule has 0 saturated carbocycles. The fourth-order valence-electron chi connectivity index (χ4n) is 1.71. The molecule has 1 aromatic rings. The van der Waals surface area contributed by atoms with Crippen LogP contribution in [0.25, 0.3) is 0 Å². The Hall–Kier alpha value is -0.830. The monoisotopic (exact) mass is 468 g/mol. The van der Waals surface area contributed by atoms with Gasteiger partial charge in [0.1, 0.15) is 0 Å². The number of halogens is 2. The van der Waals surface area contributed by atoms with Gasteiger partial charge in [0.2, 0.25) is 0 Å². The average molecular weight is 469 g/mol. The lowest BCUT2D eigenvalue weighted by atomic mass is 10.2. The Morgan fingerprint density at radius 1 is 1.14 bits per heavy atom. The van der Waals surface area contributed by atoms with Crippen molar-refractivity contribution in [1.82, 2.24) is 15.1 Å². The lowest BCUT2D eigenvalue weighted by Crippen LogP contribution is -2.36. The molecule has 1 amide bonds. The fourth-order valence-corrected chi connectivity index (χ4v) is 1.98. The normalized spacial score (nSPS) is 9.38. The number of guanidine groups is 1. The second-order valence-corrected chi connectivity index (χ2v) is 5.65. The highest BCUT2D eigenvalue weighted by Crippen LogP contribution is 2.10. The van der Waals surface area contributed by atoms with Crippen molar-refractivity contribution >= 4 is 51.8 Å². The number of rotatable bonds is 4. The van der Waals surface area contributed by atoms with Gasteiger partial charge in [-0.1, -0.05) is 15.9 Å². The van der Waals surface area contributed by atoms with Gasteiger partial charge < -0.3 is 15.1 Å². The van der Waals surface area contributed by atoms with Crippen molar-refractivity contribution in [3.05, 3.63) is 34.3 Å². The van der Waals surface area contributed by atoms with Crippen LogP contribution in [0, 0.1) is 0 Å². The van der Waals surface area contributed by atoms with E-state index in [2.05, 4.69) is 26.2 Å². The van der Waals surface area contributed by atoms with Crippen LogP contribution in [0.5, 0.6) is 0 Å². The molecule has 0 aliphatic rings. The van der Waals surface area contributed by atoms with Crippen molar-refractivity contribution in [2.75, 3.05) is 41.3 Å². The van der Waals surface area contributed by atoms with Crippen LogP contribution in [0.15, 0.2) is 33.7 Å². The maximum absolute atomic E-state index is 11.9. The highest BCUT2D eigenvalue weighted by atomic mass is 127. The van der Waals surface area contributed by atoms with Crippen LogP contribution in [-0.2, 0) is 0 Å². The molecular formula is C14H22BrIN4O. The van der Waals surface area contributed by atoms with E-state index in [1.54, 1.807) is 12.1 Å². The number of hydrogen-bond acceptors (Lipinski definition) is 2. The molecule has 0 atom stereocenters. The molecule has 1 aromatic carbocycles. The van der Waals surface area contributed by atoms with Gasteiger partial charge in [-0.15, -0.1) is 24.0 Å². The van der Waals surface area contributed by atoms with Gasteiger partial charge in [0, 0.05) is 44.8 Å². The number of amides is 1.